The van der Waals surface area contributed by atoms with Gasteiger partial charge in [0.1, 0.15) is 0 Å². The molecule has 1 amide bonds. The van der Waals surface area contributed by atoms with Gasteiger partial charge in [-0.05, 0) is 37.5 Å². The van der Waals surface area contributed by atoms with Crippen LogP contribution in [0.1, 0.15) is 65.2 Å². The summed E-state index contributed by atoms with van der Waals surface area (Å²) in [4.78, 5) is 23.8. The number of aliphatic carboxylic acids is 1. The van der Waals surface area contributed by atoms with Crippen molar-refractivity contribution in [1.82, 2.24) is 5.32 Å². The van der Waals surface area contributed by atoms with Gasteiger partial charge in [-0.3, -0.25) is 9.59 Å². The van der Waals surface area contributed by atoms with Gasteiger partial charge in [-0.2, -0.15) is 0 Å². The molecule has 2 aliphatic rings. The number of carboxylic acids is 1. The molecule has 0 radical (unpaired) electrons. The van der Waals surface area contributed by atoms with E-state index in [1.165, 1.54) is 0 Å². The first-order valence-electron chi connectivity index (χ1n) is 7.97. The second kappa shape index (κ2) is 6.15. The molecular formula is C16H27NO3. The average molecular weight is 281 g/mol. The highest BCUT2D eigenvalue weighted by atomic mass is 16.4. The van der Waals surface area contributed by atoms with Crippen LogP contribution in [0.5, 0.6) is 0 Å². The molecule has 2 N–H and O–H groups in total. The van der Waals surface area contributed by atoms with Crippen molar-refractivity contribution in [1.29, 1.82) is 0 Å². The van der Waals surface area contributed by atoms with Crippen LogP contribution in [-0.2, 0) is 9.59 Å². The summed E-state index contributed by atoms with van der Waals surface area (Å²) in [5.74, 6) is 0.273. The summed E-state index contributed by atoms with van der Waals surface area (Å²) in [6.07, 6.45) is 6.56. The number of carboxylic acid groups (broad SMARTS) is 1. The highest BCUT2D eigenvalue weighted by molar-refractivity contribution is 5.85. The average Bonchev–Trinajstić information content (AvgIpc) is 2.71. The Hall–Kier alpha value is -1.06. The Morgan fingerprint density at radius 3 is 2.30 bits per heavy atom. The number of rotatable bonds is 4. The number of nitrogens with one attached hydrogen (secondary N) is 1. The van der Waals surface area contributed by atoms with Crippen molar-refractivity contribution in [3.05, 3.63) is 0 Å². The number of hydrogen-bond donors (Lipinski definition) is 2. The smallest absolute Gasteiger partial charge is 0.310 e. The number of carbonyl (C=O) groups excluding carboxylic acids is 1. The summed E-state index contributed by atoms with van der Waals surface area (Å²) in [7, 11) is 0. The van der Waals surface area contributed by atoms with Crippen LogP contribution in [0, 0.1) is 17.3 Å². The Morgan fingerprint density at radius 1 is 1.15 bits per heavy atom. The zero-order valence-corrected chi connectivity index (χ0v) is 12.7. The van der Waals surface area contributed by atoms with Crippen LogP contribution in [0.25, 0.3) is 0 Å². The third kappa shape index (κ3) is 3.15. The lowest BCUT2D eigenvalue weighted by molar-refractivity contribution is -0.154. The zero-order valence-electron chi connectivity index (χ0n) is 12.7. The van der Waals surface area contributed by atoms with Gasteiger partial charge in [-0.15, -0.1) is 0 Å². The van der Waals surface area contributed by atoms with E-state index in [2.05, 4.69) is 19.2 Å². The molecule has 0 aromatic rings. The van der Waals surface area contributed by atoms with Crippen molar-refractivity contribution in [2.45, 2.75) is 71.3 Å². The molecule has 20 heavy (non-hydrogen) atoms. The lowest BCUT2D eigenvalue weighted by Gasteiger charge is -2.33. The molecule has 2 aliphatic carbocycles. The normalized spacial score (nSPS) is 32.8. The Labute approximate surface area is 121 Å². The van der Waals surface area contributed by atoms with Crippen molar-refractivity contribution in [2.24, 2.45) is 17.3 Å². The second-order valence-corrected chi connectivity index (χ2v) is 6.91. The number of amides is 1. The van der Waals surface area contributed by atoms with Gasteiger partial charge in [-0.1, -0.05) is 33.1 Å². The molecule has 4 heteroatoms. The van der Waals surface area contributed by atoms with E-state index in [0.29, 0.717) is 24.7 Å². The predicted octanol–water partition coefficient (Wildman–Crippen LogP) is 2.96. The summed E-state index contributed by atoms with van der Waals surface area (Å²) in [5.41, 5.74) is -0.810. The number of hydrogen-bond acceptors (Lipinski definition) is 2. The first-order chi connectivity index (χ1) is 9.44. The third-order valence-electron chi connectivity index (χ3n) is 5.57. The number of carbonyl (C=O) groups is 2. The van der Waals surface area contributed by atoms with Crippen molar-refractivity contribution in [3.63, 3.8) is 0 Å². The molecule has 3 unspecified atom stereocenters. The molecule has 3 atom stereocenters. The standard InChI is InChI=1S/C16H27NO3/c1-11-6-7-13(12(11)2)17-14(18)10-16(15(19)20)8-4-3-5-9-16/h11-13H,3-10H2,1-2H3,(H,17,18)(H,19,20). The molecule has 0 aromatic heterocycles. The largest absolute Gasteiger partial charge is 0.481 e. The fraction of sp³-hybridized carbons (Fsp3) is 0.875. The van der Waals surface area contributed by atoms with Crippen LogP contribution >= 0.6 is 0 Å². The van der Waals surface area contributed by atoms with E-state index in [0.717, 1.165) is 32.1 Å². The highest BCUT2D eigenvalue weighted by Crippen LogP contribution is 2.40. The molecule has 0 spiro atoms. The van der Waals surface area contributed by atoms with Gasteiger partial charge in [0.25, 0.3) is 0 Å². The maximum Gasteiger partial charge on any atom is 0.310 e. The molecular weight excluding hydrogens is 254 g/mol. The summed E-state index contributed by atoms with van der Waals surface area (Å²) >= 11 is 0. The van der Waals surface area contributed by atoms with E-state index in [1.807, 2.05) is 0 Å². The molecule has 2 fully saturated rings. The van der Waals surface area contributed by atoms with E-state index in [-0.39, 0.29) is 18.4 Å². The minimum atomic E-state index is -0.810. The topological polar surface area (TPSA) is 66.4 Å². The van der Waals surface area contributed by atoms with Crippen LogP contribution < -0.4 is 5.32 Å². The molecule has 2 rings (SSSR count). The first kappa shape index (κ1) is 15.3. The van der Waals surface area contributed by atoms with E-state index in [9.17, 15) is 14.7 Å². The monoisotopic (exact) mass is 281 g/mol. The van der Waals surface area contributed by atoms with Gasteiger partial charge < -0.3 is 10.4 Å². The van der Waals surface area contributed by atoms with Gasteiger partial charge >= 0.3 is 5.97 Å². The third-order valence-corrected chi connectivity index (χ3v) is 5.57. The lowest BCUT2D eigenvalue weighted by atomic mass is 9.71. The van der Waals surface area contributed by atoms with Crippen LogP contribution in [0.2, 0.25) is 0 Å². The predicted molar refractivity (Wildman–Crippen MR) is 77.3 cm³/mol. The Morgan fingerprint density at radius 2 is 1.80 bits per heavy atom. The fourth-order valence-corrected chi connectivity index (χ4v) is 3.83. The summed E-state index contributed by atoms with van der Waals surface area (Å²) in [5, 5.41) is 12.6. The van der Waals surface area contributed by atoms with Crippen molar-refractivity contribution in [3.8, 4) is 0 Å². The van der Waals surface area contributed by atoms with Crippen LogP contribution in [0.3, 0.4) is 0 Å². The van der Waals surface area contributed by atoms with Gasteiger partial charge in [0.15, 0.2) is 0 Å². The van der Waals surface area contributed by atoms with Crippen molar-refractivity contribution in [2.75, 3.05) is 0 Å². The van der Waals surface area contributed by atoms with Crippen molar-refractivity contribution < 1.29 is 14.7 Å². The molecule has 0 saturated heterocycles. The Bertz CT molecular complexity index is 374. The second-order valence-electron chi connectivity index (χ2n) is 6.91. The quantitative estimate of drug-likeness (QED) is 0.832. The van der Waals surface area contributed by atoms with Gasteiger partial charge in [0.05, 0.1) is 5.41 Å². The van der Waals surface area contributed by atoms with Gasteiger partial charge in [0, 0.05) is 12.5 Å². The van der Waals surface area contributed by atoms with E-state index in [1.54, 1.807) is 0 Å². The summed E-state index contributed by atoms with van der Waals surface area (Å²) in [6.45, 7) is 4.40. The minimum Gasteiger partial charge on any atom is -0.481 e. The SMILES string of the molecule is CC1CCC(NC(=O)CC2(C(=O)O)CCCCC2)C1C. The summed E-state index contributed by atoms with van der Waals surface area (Å²) < 4.78 is 0. The van der Waals surface area contributed by atoms with E-state index in [4.69, 9.17) is 0 Å². The molecule has 4 nitrogen and oxygen atoms in total. The lowest BCUT2D eigenvalue weighted by Crippen LogP contribution is -2.43. The first-order valence-corrected chi connectivity index (χ1v) is 7.97. The van der Waals surface area contributed by atoms with E-state index >= 15 is 0 Å². The Balaban J connectivity index is 1.94. The van der Waals surface area contributed by atoms with Crippen LogP contribution in [0.15, 0.2) is 0 Å². The Kier molecular flexibility index (Phi) is 4.71. The maximum absolute atomic E-state index is 12.3. The minimum absolute atomic E-state index is 0.0692. The molecule has 0 heterocycles. The molecule has 0 aromatic carbocycles. The molecule has 0 bridgehead atoms. The van der Waals surface area contributed by atoms with Crippen LogP contribution in [-0.4, -0.2) is 23.0 Å². The van der Waals surface area contributed by atoms with Gasteiger partial charge in [-0.25, -0.2) is 0 Å². The maximum atomic E-state index is 12.3. The molecule has 0 aliphatic heterocycles. The fourth-order valence-electron chi connectivity index (χ4n) is 3.83. The highest BCUT2D eigenvalue weighted by Gasteiger charge is 2.42. The van der Waals surface area contributed by atoms with E-state index < -0.39 is 11.4 Å². The zero-order chi connectivity index (χ0) is 14.8. The van der Waals surface area contributed by atoms with Crippen LogP contribution in [0.4, 0.5) is 0 Å². The molecule has 114 valence electrons. The molecule has 2 saturated carbocycles. The summed E-state index contributed by atoms with van der Waals surface area (Å²) in [6, 6.07) is 0.229. The van der Waals surface area contributed by atoms with Gasteiger partial charge in [0.2, 0.25) is 5.91 Å². The van der Waals surface area contributed by atoms with Crippen molar-refractivity contribution >= 4 is 11.9 Å².